The topological polar surface area (TPSA) is 33.2 Å². The molecule has 0 amide bonds. The molecule has 1 aliphatic rings. The Balaban J connectivity index is 1.90. The molecule has 1 fully saturated rings. The zero-order valence-electron chi connectivity index (χ0n) is 7.95. The molecule has 13 heavy (non-hydrogen) atoms. The highest BCUT2D eigenvalue weighted by molar-refractivity contribution is 5.26. The molecule has 1 aromatic carbocycles. The van der Waals surface area contributed by atoms with Crippen molar-refractivity contribution in [2.24, 2.45) is 0 Å². The van der Waals surface area contributed by atoms with Gasteiger partial charge in [0, 0.05) is 12.8 Å². The van der Waals surface area contributed by atoms with Gasteiger partial charge in [0.15, 0.2) is 0 Å². The minimum absolute atomic E-state index is 0.812. The Morgan fingerprint density at radius 2 is 1.77 bits per heavy atom. The Kier molecular flexibility index (Phi) is 2.95. The third-order valence-corrected chi connectivity index (χ3v) is 2.71. The monoisotopic (exact) mass is 178 g/mol. The summed E-state index contributed by atoms with van der Waals surface area (Å²) in [6.45, 7) is 2.60. The van der Waals surface area contributed by atoms with Crippen LogP contribution >= 0.6 is 0 Å². The third-order valence-electron chi connectivity index (χ3n) is 2.71. The fourth-order valence-electron chi connectivity index (χ4n) is 1.96. The zero-order chi connectivity index (χ0) is 8.93. The summed E-state index contributed by atoms with van der Waals surface area (Å²) in [4.78, 5) is 0. The van der Waals surface area contributed by atoms with Gasteiger partial charge in [-0.05, 0) is 12.1 Å². The summed E-state index contributed by atoms with van der Waals surface area (Å²) >= 11 is 0. The lowest BCUT2D eigenvalue weighted by atomic mass is 10.1. The van der Waals surface area contributed by atoms with Gasteiger partial charge in [-0.3, -0.25) is 0 Å². The molecule has 4 N–H and O–H groups in total. The van der Waals surface area contributed by atoms with E-state index in [2.05, 4.69) is 41.0 Å². The molecule has 0 spiro atoms. The van der Waals surface area contributed by atoms with Gasteiger partial charge in [-0.25, -0.2) is 0 Å². The van der Waals surface area contributed by atoms with Crippen molar-refractivity contribution in [1.82, 2.24) is 0 Å². The van der Waals surface area contributed by atoms with Crippen molar-refractivity contribution < 1.29 is 10.6 Å². The Bertz CT molecular complexity index is 240. The third kappa shape index (κ3) is 2.54. The molecule has 2 heteroatoms. The molecule has 0 unspecified atom stereocenters. The highest BCUT2D eigenvalue weighted by Gasteiger charge is 2.18. The lowest BCUT2D eigenvalue weighted by Gasteiger charge is -2.18. The van der Waals surface area contributed by atoms with E-state index in [9.17, 15) is 0 Å². The number of piperidine rings is 1. The first kappa shape index (κ1) is 8.73. The van der Waals surface area contributed by atoms with Crippen LogP contribution in [0.5, 0.6) is 0 Å². The fraction of sp³-hybridized carbons (Fsp3) is 0.455. The minimum Gasteiger partial charge on any atom is -0.346 e. The second-order valence-corrected chi connectivity index (χ2v) is 3.78. The molecule has 1 heterocycles. The van der Waals surface area contributed by atoms with E-state index in [-0.39, 0.29) is 0 Å². The van der Waals surface area contributed by atoms with Gasteiger partial charge in [0.2, 0.25) is 0 Å². The number of quaternary nitrogens is 2. The van der Waals surface area contributed by atoms with E-state index in [0.717, 1.165) is 6.04 Å². The molecule has 0 radical (unpaired) electrons. The van der Waals surface area contributed by atoms with Crippen molar-refractivity contribution in [3.05, 3.63) is 30.3 Å². The van der Waals surface area contributed by atoms with Gasteiger partial charge < -0.3 is 10.6 Å². The number of hydrogen-bond donors (Lipinski definition) is 2. The Labute approximate surface area is 79.4 Å². The molecule has 1 aliphatic heterocycles. The molecule has 2 nitrogen and oxygen atoms in total. The summed E-state index contributed by atoms with van der Waals surface area (Å²) in [5.74, 6) is 0. The lowest BCUT2D eigenvalue weighted by Crippen LogP contribution is -2.94. The molecular weight excluding hydrogens is 160 g/mol. The van der Waals surface area contributed by atoms with Crippen molar-refractivity contribution in [2.45, 2.75) is 18.9 Å². The normalized spacial score (nSPS) is 18.8. The van der Waals surface area contributed by atoms with Gasteiger partial charge >= 0.3 is 0 Å². The number of para-hydroxylation sites is 1. The van der Waals surface area contributed by atoms with Crippen LogP contribution in [0.1, 0.15) is 12.8 Å². The first-order valence-electron chi connectivity index (χ1n) is 5.17. The maximum Gasteiger partial charge on any atom is 0.129 e. The van der Waals surface area contributed by atoms with Crippen molar-refractivity contribution >= 4 is 5.69 Å². The maximum atomic E-state index is 2.42. The van der Waals surface area contributed by atoms with E-state index in [4.69, 9.17) is 0 Å². The van der Waals surface area contributed by atoms with Crippen molar-refractivity contribution in [2.75, 3.05) is 13.1 Å². The number of hydrogen-bond acceptors (Lipinski definition) is 0. The van der Waals surface area contributed by atoms with Crippen LogP contribution in [0.15, 0.2) is 30.3 Å². The predicted molar refractivity (Wildman–Crippen MR) is 52.7 cm³/mol. The van der Waals surface area contributed by atoms with Gasteiger partial charge in [0.1, 0.15) is 11.7 Å². The first-order valence-corrected chi connectivity index (χ1v) is 5.17. The van der Waals surface area contributed by atoms with E-state index >= 15 is 0 Å². The SMILES string of the molecule is c1ccc([NH2+]C2CC[NH2+]CC2)cc1. The van der Waals surface area contributed by atoms with Crippen LogP contribution in [0.3, 0.4) is 0 Å². The van der Waals surface area contributed by atoms with Crippen LogP contribution < -0.4 is 10.6 Å². The van der Waals surface area contributed by atoms with Crippen molar-refractivity contribution in [3.63, 3.8) is 0 Å². The summed E-state index contributed by atoms with van der Waals surface area (Å²) in [6.07, 6.45) is 2.68. The molecule has 0 saturated carbocycles. The summed E-state index contributed by atoms with van der Waals surface area (Å²) in [5, 5.41) is 4.84. The first-order chi connectivity index (χ1) is 6.45. The maximum absolute atomic E-state index is 2.42. The lowest BCUT2D eigenvalue weighted by molar-refractivity contribution is -0.699. The van der Waals surface area contributed by atoms with E-state index in [0.29, 0.717) is 0 Å². The van der Waals surface area contributed by atoms with Gasteiger partial charge in [-0.15, -0.1) is 0 Å². The summed E-state index contributed by atoms with van der Waals surface area (Å²) < 4.78 is 0. The highest BCUT2D eigenvalue weighted by Crippen LogP contribution is 2.00. The van der Waals surface area contributed by atoms with Crippen LogP contribution in [-0.2, 0) is 0 Å². The molecule has 2 rings (SSSR count). The number of rotatable bonds is 2. The fourth-order valence-corrected chi connectivity index (χ4v) is 1.96. The average molecular weight is 178 g/mol. The smallest absolute Gasteiger partial charge is 0.129 e. The summed E-state index contributed by atoms with van der Waals surface area (Å²) in [7, 11) is 0. The number of nitrogens with two attached hydrogens (primary N) is 2. The molecule has 1 aromatic rings. The highest BCUT2D eigenvalue weighted by atomic mass is 15.0. The summed E-state index contributed by atoms with van der Waals surface area (Å²) in [6, 6.07) is 11.5. The standard InChI is InChI=1S/C11H16N2/c1-2-4-10(5-3-1)13-11-6-8-12-9-7-11/h1-5,11-13H,6-9H2/p+2. The largest absolute Gasteiger partial charge is 0.346 e. The van der Waals surface area contributed by atoms with Gasteiger partial charge in [-0.1, -0.05) is 18.2 Å². The molecular formula is C11H18N2+2. The molecule has 0 aromatic heterocycles. The van der Waals surface area contributed by atoms with Crippen LogP contribution in [0.2, 0.25) is 0 Å². The van der Waals surface area contributed by atoms with Crippen LogP contribution in [-0.4, -0.2) is 19.1 Å². The van der Waals surface area contributed by atoms with Gasteiger partial charge in [0.25, 0.3) is 0 Å². The van der Waals surface area contributed by atoms with E-state index in [1.165, 1.54) is 31.6 Å². The molecule has 70 valence electrons. The van der Waals surface area contributed by atoms with Gasteiger partial charge in [0.05, 0.1) is 13.1 Å². The molecule has 0 atom stereocenters. The van der Waals surface area contributed by atoms with E-state index < -0.39 is 0 Å². The minimum atomic E-state index is 0.812. The van der Waals surface area contributed by atoms with Gasteiger partial charge in [-0.2, -0.15) is 0 Å². The summed E-state index contributed by atoms with van der Waals surface area (Å²) in [5.41, 5.74) is 1.38. The van der Waals surface area contributed by atoms with E-state index in [1.807, 2.05) is 0 Å². The molecule has 0 aliphatic carbocycles. The zero-order valence-corrected chi connectivity index (χ0v) is 7.95. The van der Waals surface area contributed by atoms with Crippen LogP contribution in [0.4, 0.5) is 5.69 Å². The predicted octanol–water partition coefficient (Wildman–Crippen LogP) is -0.393. The Morgan fingerprint density at radius 1 is 1.08 bits per heavy atom. The van der Waals surface area contributed by atoms with Crippen molar-refractivity contribution in [1.29, 1.82) is 0 Å². The quantitative estimate of drug-likeness (QED) is 0.578. The molecule has 1 saturated heterocycles. The van der Waals surface area contributed by atoms with E-state index in [1.54, 1.807) is 0 Å². The molecule has 0 bridgehead atoms. The van der Waals surface area contributed by atoms with Crippen LogP contribution in [0, 0.1) is 0 Å². The van der Waals surface area contributed by atoms with Crippen LogP contribution in [0.25, 0.3) is 0 Å². The number of benzene rings is 1. The second kappa shape index (κ2) is 4.40. The Morgan fingerprint density at radius 3 is 2.46 bits per heavy atom. The Hall–Kier alpha value is -0.860. The average Bonchev–Trinajstić information content (AvgIpc) is 2.21. The van der Waals surface area contributed by atoms with Crippen molar-refractivity contribution in [3.8, 4) is 0 Å². The second-order valence-electron chi connectivity index (χ2n) is 3.78.